The number of carbonyl (C=O) groups is 1. The van der Waals surface area contributed by atoms with Crippen LogP contribution in [0.2, 0.25) is 0 Å². The van der Waals surface area contributed by atoms with Gasteiger partial charge in [0.2, 0.25) is 5.56 Å². The first kappa shape index (κ1) is 9.45. The van der Waals surface area contributed by atoms with Crippen molar-refractivity contribution in [1.82, 2.24) is 4.98 Å². The van der Waals surface area contributed by atoms with Crippen LogP contribution in [-0.2, 0) is 11.2 Å². The molecule has 1 heterocycles. The van der Waals surface area contributed by atoms with Crippen LogP contribution in [0, 0.1) is 0 Å². The quantitative estimate of drug-likeness (QED) is 0.769. The standard InChI is InChI=1S/C11H9NO3/c13-10-5-7(6-11(14)15)8-3-1-2-4-9(8)12-10/h1-5H,6H2,(H,12,13)(H,14,15). The number of pyridine rings is 1. The Kier molecular flexibility index (Phi) is 2.25. The maximum Gasteiger partial charge on any atom is 0.307 e. The zero-order chi connectivity index (χ0) is 10.8. The van der Waals surface area contributed by atoms with Crippen molar-refractivity contribution >= 4 is 16.9 Å². The zero-order valence-electron chi connectivity index (χ0n) is 7.86. The molecule has 0 saturated carbocycles. The van der Waals surface area contributed by atoms with Crippen molar-refractivity contribution in [2.45, 2.75) is 6.42 Å². The molecule has 0 amide bonds. The van der Waals surface area contributed by atoms with Crippen LogP contribution >= 0.6 is 0 Å². The highest BCUT2D eigenvalue weighted by molar-refractivity contribution is 5.85. The summed E-state index contributed by atoms with van der Waals surface area (Å²) in [5.74, 6) is -0.939. The Morgan fingerprint density at radius 2 is 2.07 bits per heavy atom. The van der Waals surface area contributed by atoms with Crippen LogP contribution in [0.5, 0.6) is 0 Å². The normalized spacial score (nSPS) is 10.4. The van der Waals surface area contributed by atoms with Gasteiger partial charge >= 0.3 is 5.97 Å². The highest BCUT2D eigenvalue weighted by Gasteiger charge is 2.06. The molecule has 4 nitrogen and oxygen atoms in total. The van der Waals surface area contributed by atoms with Crippen molar-refractivity contribution in [1.29, 1.82) is 0 Å². The van der Waals surface area contributed by atoms with Crippen LogP contribution < -0.4 is 5.56 Å². The van der Waals surface area contributed by atoms with E-state index in [-0.39, 0.29) is 12.0 Å². The van der Waals surface area contributed by atoms with E-state index in [0.717, 1.165) is 5.39 Å². The molecule has 0 fully saturated rings. The van der Waals surface area contributed by atoms with E-state index in [2.05, 4.69) is 4.98 Å². The summed E-state index contributed by atoms with van der Waals surface area (Å²) < 4.78 is 0. The third-order valence-corrected chi connectivity index (χ3v) is 2.18. The number of hydrogen-bond donors (Lipinski definition) is 2. The van der Waals surface area contributed by atoms with Gasteiger partial charge in [0.15, 0.2) is 0 Å². The predicted octanol–water partition coefficient (Wildman–Crippen LogP) is 1.16. The molecule has 0 radical (unpaired) electrons. The number of para-hydroxylation sites is 1. The second-order valence-electron chi connectivity index (χ2n) is 3.27. The van der Waals surface area contributed by atoms with E-state index in [1.165, 1.54) is 6.07 Å². The third-order valence-electron chi connectivity index (χ3n) is 2.18. The van der Waals surface area contributed by atoms with Crippen LogP contribution in [0.15, 0.2) is 35.1 Å². The maximum atomic E-state index is 11.2. The lowest BCUT2D eigenvalue weighted by molar-refractivity contribution is -0.136. The van der Waals surface area contributed by atoms with Crippen molar-refractivity contribution in [3.63, 3.8) is 0 Å². The SMILES string of the molecule is O=C(O)Cc1cc(=O)[nH]c2ccccc12. The lowest BCUT2D eigenvalue weighted by atomic mass is 10.1. The molecular weight excluding hydrogens is 194 g/mol. The van der Waals surface area contributed by atoms with Crippen molar-refractivity contribution in [2.24, 2.45) is 0 Å². The Balaban J connectivity index is 2.71. The molecule has 0 atom stereocenters. The molecule has 15 heavy (non-hydrogen) atoms. The Hall–Kier alpha value is -2.10. The Morgan fingerprint density at radius 1 is 1.33 bits per heavy atom. The number of rotatable bonds is 2. The second kappa shape index (κ2) is 3.57. The predicted molar refractivity (Wildman–Crippen MR) is 55.9 cm³/mol. The van der Waals surface area contributed by atoms with Gasteiger partial charge in [-0.2, -0.15) is 0 Å². The molecule has 0 saturated heterocycles. The van der Waals surface area contributed by atoms with Gasteiger partial charge in [0, 0.05) is 17.0 Å². The number of aliphatic carboxylic acids is 1. The number of nitrogens with one attached hydrogen (secondary N) is 1. The van der Waals surface area contributed by atoms with Gasteiger partial charge in [-0.25, -0.2) is 0 Å². The minimum Gasteiger partial charge on any atom is -0.481 e. The highest BCUT2D eigenvalue weighted by Crippen LogP contribution is 2.14. The smallest absolute Gasteiger partial charge is 0.307 e. The van der Waals surface area contributed by atoms with E-state index < -0.39 is 5.97 Å². The van der Waals surface area contributed by atoms with E-state index in [1.54, 1.807) is 18.2 Å². The highest BCUT2D eigenvalue weighted by atomic mass is 16.4. The first-order valence-corrected chi connectivity index (χ1v) is 4.49. The summed E-state index contributed by atoms with van der Waals surface area (Å²) in [6.07, 6.45) is -0.134. The summed E-state index contributed by atoms with van der Waals surface area (Å²) in [5, 5.41) is 9.48. The lowest BCUT2D eigenvalue weighted by Crippen LogP contribution is -2.09. The monoisotopic (exact) mass is 203 g/mol. The van der Waals surface area contributed by atoms with Gasteiger partial charge in [-0.05, 0) is 11.6 Å². The van der Waals surface area contributed by atoms with Crippen molar-refractivity contribution in [2.75, 3.05) is 0 Å². The van der Waals surface area contributed by atoms with Crippen LogP contribution in [0.4, 0.5) is 0 Å². The Labute approximate surface area is 85.2 Å². The van der Waals surface area contributed by atoms with Gasteiger partial charge in [0.05, 0.1) is 6.42 Å². The van der Waals surface area contributed by atoms with E-state index in [0.29, 0.717) is 11.1 Å². The molecule has 2 N–H and O–H groups in total. The minimum absolute atomic E-state index is 0.134. The summed E-state index contributed by atoms with van der Waals surface area (Å²) in [7, 11) is 0. The van der Waals surface area contributed by atoms with Gasteiger partial charge in [0.1, 0.15) is 0 Å². The molecule has 0 unspecified atom stereocenters. The second-order valence-corrected chi connectivity index (χ2v) is 3.27. The minimum atomic E-state index is -0.939. The van der Waals surface area contributed by atoms with Crippen LogP contribution in [0.25, 0.3) is 10.9 Å². The van der Waals surface area contributed by atoms with Gasteiger partial charge in [-0.3, -0.25) is 9.59 Å². The molecule has 0 aliphatic rings. The summed E-state index contributed by atoms with van der Waals surface area (Å²) in [6.45, 7) is 0. The number of carboxylic acids is 1. The van der Waals surface area contributed by atoms with Crippen LogP contribution in [0.3, 0.4) is 0 Å². The molecule has 0 aliphatic heterocycles. The molecule has 2 rings (SSSR count). The van der Waals surface area contributed by atoms with Gasteiger partial charge in [-0.15, -0.1) is 0 Å². The van der Waals surface area contributed by atoms with Crippen LogP contribution in [-0.4, -0.2) is 16.1 Å². The van der Waals surface area contributed by atoms with Crippen molar-refractivity contribution in [3.8, 4) is 0 Å². The number of H-pyrrole nitrogens is 1. The molecule has 2 aromatic rings. The first-order valence-electron chi connectivity index (χ1n) is 4.49. The molecule has 0 spiro atoms. The molecule has 1 aromatic heterocycles. The van der Waals surface area contributed by atoms with Crippen molar-refractivity contribution in [3.05, 3.63) is 46.2 Å². The van der Waals surface area contributed by atoms with E-state index in [4.69, 9.17) is 5.11 Å². The summed E-state index contributed by atoms with van der Waals surface area (Å²) in [5.41, 5.74) is 0.938. The number of aromatic nitrogens is 1. The first-order chi connectivity index (χ1) is 7.16. The topological polar surface area (TPSA) is 70.2 Å². The fraction of sp³-hybridized carbons (Fsp3) is 0.0909. The van der Waals surface area contributed by atoms with E-state index in [9.17, 15) is 9.59 Å². The fourth-order valence-electron chi connectivity index (χ4n) is 1.59. The third kappa shape index (κ3) is 1.88. The maximum absolute atomic E-state index is 11.2. The molecule has 4 heteroatoms. The molecule has 1 aromatic carbocycles. The average molecular weight is 203 g/mol. The number of carboxylic acid groups (broad SMARTS) is 1. The summed E-state index contributed by atoms with van der Waals surface area (Å²) >= 11 is 0. The van der Waals surface area contributed by atoms with Crippen LogP contribution in [0.1, 0.15) is 5.56 Å². The van der Waals surface area contributed by atoms with E-state index >= 15 is 0 Å². The fourth-order valence-corrected chi connectivity index (χ4v) is 1.59. The largest absolute Gasteiger partial charge is 0.481 e. The zero-order valence-corrected chi connectivity index (χ0v) is 7.86. The molecule has 0 aliphatic carbocycles. The van der Waals surface area contributed by atoms with Gasteiger partial charge in [0.25, 0.3) is 0 Å². The summed E-state index contributed by atoms with van der Waals surface area (Å²) in [6, 6.07) is 8.48. The van der Waals surface area contributed by atoms with Crippen molar-refractivity contribution < 1.29 is 9.90 Å². The Bertz CT molecular complexity index is 571. The average Bonchev–Trinajstić information content (AvgIpc) is 2.16. The number of fused-ring (bicyclic) bond motifs is 1. The number of hydrogen-bond acceptors (Lipinski definition) is 2. The Morgan fingerprint density at radius 3 is 2.80 bits per heavy atom. The molecular formula is C11H9NO3. The van der Waals surface area contributed by atoms with Gasteiger partial charge in [-0.1, -0.05) is 18.2 Å². The van der Waals surface area contributed by atoms with E-state index in [1.807, 2.05) is 6.07 Å². The number of aromatic amines is 1. The summed E-state index contributed by atoms with van der Waals surface area (Å²) in [4.78, 5) is 24.5. The molecule has 76 valence electrons. The number of benzene rings is 1. The lowest BCUT2D eigenvalue weighted by Gasteiger charge is -2.02. The van der Waals surface area contributed by atoms with Gasteiger partial charge < -0.3 is 10.1 Å². The molecule has 0 bridgehead atoms.